The maximum absolute atomic E-state index is 14.0. The Balaban J connectivity index is 1.70. The van der Waals surface area contributed by atoms with Gasteiger partial charge in [0.05, 0.1) is 26.0 Å². The summed E-state index contributed by atoms with van der Waals surface area (Å²) >= 11 is 0. The van der Waals surface area contributed by atoms with Crippen molar-refractivity contribution in [2.24, 2.45) is 0 Å². The van der Waals surface area contributed by atoms with Crippen LogP contribution in [0.2, 0.25) is 0 Å². The second kappa shape index (κ2) is 11.9. The average Bonchev–Trinajstić information content (AvgIpc) is 2.96. The summed E-state index contributed by atoms with van der Waals surface area (Å²) in [6, 6.07) is 15.2. The van der Waals surface area contributed by atoms with Crippen LogP contribution in [-0.4, -0.2) is 60.8 Å². The van der Waals surface area contributed by atoms with Crippen LogP contribution in [0.3, 0.4) is 0 Å². The van der Waals surface area contributed by atoms with Gasteiger partial charge in [0.2, 0.25) is 10.0 Å². The maximum atomic E-state index is 14.0. The molecule has 2 aromatic carbocycles. The third kappa shape index (κ3) is 6.00. The summed E-state index contributed by atoms with van der Waals surface area (Å²) in [6.07, 6.45) is 2.17. The Morgan fingerprint density at radius 2 is 1.86 bits per heavy atom. The number of hydrogen-bond donors (Lipinski definition) is 0. The number of benzene rings is 2. The predicted octanol–water partition coefficient (Wildman–Crippen LogP) is 3.53. The lowest BCUT2D eigenvalue weighted by molar-refractivity contribution is 0.0517. The molecule has 220 valence electrons. The number of likely N-dealkylation sites (N-methyl/N-ethyl adjacent to an activating group) is 1. The summed E-state index contributed by atoms with van der Waals surface area (Å²) in [6.45, 7) is 1.63. The van der Waals surface area contributed by atoms with Gasteiger partial charge in [0, 0.05) is 25.2 Å². The van der Waals surface area contributed by atoms with Crippen molar-refractivity contribution in [1.82, 2.24) is 13.9 Å². The van der Waals surface area contributed by atoms with Crippen LogP contribution in [0, 0.1) is 5.82 Å². The molecule has 0 spiro atoms. The third-order valence-corrected chi connectivity index (χ3v) is 8.24. The van der Waals surface area contributed by atoms with Crippen molar-refractivity contribution in [3.8, 4) is 11.5 Å². The number of sulfonamides is 1. The second-order valence-corrected chi connectivity index (χ2v) is 12.1. The van der Waals surface area contributed by atoms with Gasteiger partial charge >= 0.3 is 5.97 Å². The van der Waals surface area contributed by atoms with Crippen LogP contribution in [-0.2, 0) is 34.3 Å². The highest BCUT2D eigenvalue weighted by Crippen LogP contribution is 2.39. The summed E-state index contributed by atoms with van der Waals surface area (Å²) in [7, 11) is -2.13. The Morgan fingerprint density at radius 3 is 2.52 bits per heavy atom. The molecule has 1 aliphatic heterocycles. The molecular formula is C30H30FN3O7S. The highest BCUT2D eigenvalue weighted by atomic mass is 32.2. The number of aromatic nitrogens is 2. The Kier molecular flexibility index (Phi) is 8.28. The van der Waals surface area contributed by atoms with Crippen molar-refractivity contribution in [3.63, 3.8) is 0 Å². The van der Waals surface area contributed by atoms with Crippen molar-refractivity contribution >= 4 is 27.0 Å². The van der Waals surface area contributed by atoms with Crippen molar-refractivity contribution in [1.29, 1.82) is 0 Å². The fourth-order valence-electron chi connectivity index (χ4n) is 4.82. The van der Waals surface area contributed by atoms with Crippen LogP contribution >= 0.6 is 0 Å². The number of hydrogen-bond acceptors (Lipinski definition) is 8. The minimum Gasteiger partial charge on any atom is -0.485 e. The SMILES string of the molecule is CCOC(=O)c1c(OCc2ccccc2)c2ncc(Cc3ccc(F)cc3)c3c2n(c1=O)C[C@@H](CN(C)S(C)(=O)=O)O3. The third-order valence-electron chi connectivity index (χ3n) is 6.96. The largest absolute Gasteiger partial charge is 0.485 e. The maximum Gasteiger partial charge on any atom is 0.347 e. The zero-order chi connectivity index (χ0) is 30.0. The lowest BCUT2D eigenvalue weighted by Gasteiger charge is -2.31. The van der Waals surface area contributed by atoms with E-state index in [-0.39, 0.29) is 49.0 Å². The monoisotopic (exact) mass is 595 g/mol. The van der Waals surface area contributed by atoms with Gasteiger partial charge < -0.3 is 14.2 Å². The summed E-state index contributed by atoms with van der Waals surface area (Å²) in [5.74, 6) is -0.957. The lowest BCUT2D eigenvalue weighted by Crippen LogP contribution is -2.44. The number of nitrogens with zero attached hydrogens (tertiary/aromatic N) is 3. The molecule has 0 saturated heterocycles. The van der Waals surface area contributed by atoms with Crippen molar-refractivity contribution in [2.75, 3.05) is 26.5 Å². The molecule has 1 aliphatic rings. The number of carbonyl (C=O) groups excluding carboxylic acids is 1. The summed E-state index contributed by atoms with van der Waals surface area (Å²) in [4.78, 5) is 31.8. The number of ether oxygens (including phenoxy) is 3. The number of carbonyl (C=O) groups is 1. The quantitative estimate of drug-likeness (QED) is 0.256. The Bertz CT molecular complexity index is 1790. The topological polar surface area (TPSA) is 117 Å². The number of rotatable bonds is 10. The molecule has 2 aromatic heterocycles. The van der Waals surface area contributed by atoms with E-state index in [4.69, 9.17) is 14.2 Å². The van der Waals surface area contributed by atoms with Crippen LogP contribution in [0.15, 0.2) is 65.6 Å². The average molecular weight is 596 g/mol. The number of pyridine rings is 2. The molecule has 0 amide bonds. The van der Waals surface area contributed by atoms with E-state index >= 15 is 0 Å². The first-order valence-corrected chi connectivity index (χ1v) is 15.2. The van der Waals surface area contributed by atoms with Crippen LogP contribution in [0.1, 0.15) is 34.0 Å². The molecular weight excluding hydrogens is 565 g/mol. The summed E-state index contributed by atoms with van der Waals surface area (Å²) < 4.78 is 58.1. The Hall–Kier alpha value is -4.29. The zero-order valence-corrected chi connectivity index (χ0v) is 24.2. The molecule has 0 unspecified atom stereocenters. The van der Waals surface area contributed by atoms with Crippen molar-refractivity contribution in [2.45, 2.75) is 32.6 Å². The van der Waals surface area contributed by atoms with Gasteiger partial charge in [-0.1, -0.05) is 42.5 Å². The summed E-state index contributed by atoms with van der Waals surface area (Å²) in [5, 5.41) is 0. The highest BCUT2D eigenvalue weighted by molar-refractivity contribution is 7.88. The van der Waals surface area contributed by atoms with Crippen molar-refractivity contribution < 1.29 is 31.8 Å². The van der Waals surface area contributed by atoms with Gasteiger partial charge in [-0.15, -0.1) is 0 Å². The van der Waals surface area contributed by atoms with E-state index in [0.717, 1.165) is 21.7 Å². The van der Waals surface area contributed by atoms with Crippen LogP contribution in [0.4, 0.5) is 4.39 Å². The van der Waals surface area contributed by atoms with Gasteiger partial charge in [-0.05, 0) is 30.2 Å². The van der Waals surface area contributed by atoms with E-state index in [2.05, 4.69) is 4.98 Å². The Labute approximate surface area is 242 Å². The molecule has 5 rings (SSSR count). The molecule has 42 heavy (non-hydrogen) atoms. The van der Waals surface area contributed by atoms with E-state index in [9.17, 15) is 22.4 Å². The fourth-order valence-corrected chi connectivity index (χ4v) is 5.26. The van der Waals surface area contributed by atoms with Gasteiger partial charge in [0.15, 0.2) is 17.1 Å². The normalized spacial score (nSPS) is 14.5. The predicted molar refractivity (Wildman–Crippen MR) is 154 cm³/mol. The second-order valence-electron chi connectivity index (χ2n) is 10.0. The van der Waals surface area contributed by atoms with Gasteiger partial charge in [-0.3, -0.25) is 14.3 Å². The van der Waals surface area contributed by atoms with Crippen LogP contribution < -0.4 is 15.0 Å². The minimum absolute atomic E-state index is 0.0292. The van der Waals surface area contributed by atoms with Gasteiger partial charge in [0.1, 0.15) is 29.6 Å². The zero-order valence-electron chi connectivity index (χ0n) is 23.4. The lowest BCUT2D eigenvalue weighted by atomic mass is 10.0. The molecule has 0 radical (unpaired) electrons. The molecule has 4 aromatic rings. The standard InChI is InChI=1S/C30H30FN3O7S/c1-4-39-30(36)24-28(40-18-20-8-6-5-7-9-20)25-26-27(21(15-32-25)14-19-10-12-22(31)13-11-19)41-23(17-34(26)29(24)35)16-33(2)42(3,37)38/h5-13,15,23H,4,14,16-18H2,1-3H3/t23-/m1/s1. The van der Waals surface area contributed by atoms with Crippen LogP contribution in [0.5, 0.6) is 11.5 Å². The highest BCUT2D eigenvalue weighted by Gasteiger charge is 2.34. The van der Waals surface area contributed by atoms with Gasteiger partial charge in [-0.2, -0.15) is 0 Å². The minimum atomic E-state index is -3.55. The molecule has 1 atom stereocenters. The first-order chi connectivity index (χ1) is 20.1. The first-order valence-electron chi connectivity index (χ1n) is 13.3. The van der Waals surface area contributed by atoms with Gasteiger partial charge in [-0.25, -0.2) is 21.9 Å². The molecule has 10 nitrogen and oxygen atoms in total. The first kappa shape index (κ1) is 29.2. The van der Waals surface area contributed by atoms with E-state index in [1.165, 1.54) is 23.7 Å². The van der Waals surface area contributed by atoms with Gasteiger partial charge in [0.25, 0.3) is 5.56 Å². The smallest absolute Gasteiger partial charge is 0.347 e. The molecule has 0 bridgehead atoms. The van der Waals surface area contributed by atoms with Crippen LogP contribution in [0.25, 0.3) is 11.0 Å². The molecule has 12 heteroatoms. The summed E-state index contributed by atoms with van der Waals surface area (Å²) in [5.41, 5.74) is 1.74. The van der Waals surface area contributed by atoms with E-state index < -0.39 is 27.7 Å². The molecule has 0 N–H and O–H groups in total. The Morgan fingerprint density at radius 1 is 1.14 bits per heavy atom. The number of esters is 1. The number of halogens is 1. The molecule has 0 aliphatic carbocycles. The molecule has 0 fully saturated rings. The van der Waals surface area contributed by atoms with E-state index in [1.807, 2.05) is 30.3 Å². The molecule has 3 heterocycles. The van der Waals surface area contributed by atoms with Crippen molar-refractivity contribution in [3.05, 3.63) is 99.2 Å². The van der Waals surface area contributed by atoms with E-state index in [0.29, 0.717) is 23.3 Å². The fraction of sp³-hybridized carbons (Fsp3) is 0.300. The van der Waals surface area contributed by atoms with E-state index in [1.54, 1.807) is 25.3 Å². The molecule has 0 saturated carbocycles.